The van der Waals surface area contributed by atoms with E-state index in [1.165, 1.54) is 6.42 Å². The predicted molar refractivity (Wildman–Crippen MR) is 54.3 cm³/mol. The molecule has 0 saturated heterocycles. The van der Waals surface area contributed by atoms with E-state index in [9.17, 15) is 5.11 Å². The van der Waals surface area contributed by atoms with Gasteiger partial charge in [0.1, 0.15) is 0 Å². The van der Waals surface area contributed by atoms with Crippen molar-refractivity contribution in [3.05, 3.63) is 0 Å². The zero-order valence-corrected chi connectivity index (χ0v) is 9.08. The van der Waals surface area contributed by atoms with Gasteiger partial charge in [0.05, 0.1) is 18.3 Å². The molecule has 14 heavy (non-hydrogen) atoms. The van der Waals surface area contributed by atoms with E-state index in [-0.39, 0.29) is 5.60 Å². The first-order chi connectivity index (χ1) is 6.72. The van der Waals surface area contributed by atoms with Gasteiger partial charge in [0, 0.05) is 27.3 Å². The van der Waals surface area contributed by atoms with Crippen LogP contribution in [0.5, 0.6) is 0 Å². The fourth-order valence-electron chi connectivity index (χ4n) is 1.74. The summed E-state index contributed by atoms with van der Waals surface area (Å²) in [6, 6.07) is 0. The molecule has 0 heterocycles. The monoisotopic (exact) mass is 203 g/mol. The highest BCUT2D eigenvalue weighted by Crippen LogP contribution is 2.34. The number of hydrogen-bond acceptors (Lipinski definition) is 4. The first kappa shape index (κ1) is 11.9. The molecule has 1 saturated carbocycles. The lowest BCUT2D eigenvalue weighted by atomic mass is 9.80. The van der Waals surface area contributed by atoms with E-state index in [0.717, 1.165) is 19.4 Å². The van der Waals surface area contributed by atoms with Crippen molar-refractivity contribution < 1.29 is 14.6 Å². The van der Waals surface area contributed by atoms with Crippen molar-refractivity contribution in [3.8, 4) is 0 Å². The van der Waals surface area contributed by atoms with Crippen molar-refractivity contribution in [2.24, 2.45) is 0 Å². The molecule has 0 bridgehead atoms. The van der Waals surface area contributed by atoms with Gasteiger partial charge in [-0.3, -0.25) is 0 Å². The van der Waals surface area contributed by atoms with Gasteiger partial charge in [-0.05, 0) is 19.3 Å². The number of aliphatic hydroxyl groups is 1. The van der Waals surface area contributed by atoms with Crippen LogP contribution in [0.15, 0.2) is 0 Å². The molecule has 1 rings (SSSR count). The van der Waals surface area contributed by atoms with Crippen LogP contribution in [0.2, 0.25) is 0 Å². The van der Waals surface area contributed by atoms with Gasteiger partial charge < -0.3 is 19.9 Å². The minimum atomic E-state index is -0.422. The van der Waals surface area contributed by atoms with E-state index >= 15 is 0 Å². The van der Waals surface area contributed by atoms with Crippen molar-refractivity contribution in [2.45, 2.75) is 31.0 Å². The van der Waals surface area contributed by atoms with Crippen molar-refractivity contribution in [2.75, 3.05) is 33.9 Å². The van der Waals surface area contributed by atoms with Crippen molar-refractivity contribution >= 4 is 0 Å². The predicted octanol–water partition coefficient (Wildman–Crippen LogP) is 0.152. The average molecular weight is 203 g/mol. The lowest BCUT2D eigenvalue weighted by Crippen LogP contribution is -2.49. The molecule has 1 aliphatic carbocycles. The van der Waals surface area contributed by atoms with Crippen LogP contribution in [0.1, 0.15) is 19.3 Å². The van der Waals surface area contributed by atoms with E-state index in [0.29, 0.717) is 13.2 Å². The number of hydrogen-bond donors (Lipinski definition) is 2. The SMILES string of the molecule is COCC(O)CNCC1(OC)CCC1. The second-order valence-corrected chi connectivity index (χ2v) is 3.98. The van der Waals surface area contributed by atoms with Gasteiger partial charge in [-0.2, -0.15) is 0 Å². The molecule has 0 aromatic rings. The molecule has 0 aromatic carbocycles. The molecule has 2 N–H and O–H groups in total. The molecule has 4 nitrogen and oxygen atoms in total. The second-order valence-electron chi connectivity index (χ2n) is 3.98. The summed E-state index contributed by atoms with van der Waals surface area (Å²) in [6.45, 7) is 1.77. The Hall–Kier alpha value is -0.160. The number of ether oxygens (including phenoxy) is 2. The Kier molecular flexibility index (Phi) is 4.81. The Balaban J connectivity index is 2.08. The standard InChI is InChI=1S/C10H21NO3/c1-13-7-9(12)6-11-8-10(14-2)4-3-5-10/h9,11-12H,3-8H2,1-2H3. The number of aliphatic hydroxyl groups excluding tert-OH is 1. The number of methoxy groups -OCH3 is 2. The van der Waals surface area contributed by atoms with E-state index in [1.54, 1.807) is 14.2 Å². The van der Waals surface area contributed by atoms with Crippen LogP contribution in [0.3, 0.4) is 0 Å². The normalized spacial score (nSPS) is 21.6. The maximum atomic E-state index is 9.38. The highest BCUT2D eigenvalue weighted by molar-refractivity contribution is 4.91. The Labute approximate surface area is 85.6 Å². The molecule has 0 aromatic heterocycles. The zero-order chi connectivity index (χ0) is 10.4. The van der Waals surface area contributed by atoms with Gasteiger partial charge in [0.2, 0.25) is 0 Å². The molecule has 84 valence electrons. The summed E-state index contributed by atoms with van der Waals surface area (Å²) in [5.74, 6) is 0. The molecule has 4 heteroatoms. The summed E-state index contributed by atoms with van der Waals surface area (Å²) in [5.41, 5.74) is 0.0345. The lowest BCUT2D eigenvalue weighted by Gasteiger charge is -2.40. The van der Waals surface area contributed by atoms with Gasteiger partial charge in [-0.1, -0.05) is 0 Å². The van der Waals surface area contributed by atoms with Crippen LogP contribution in [-0.2, 0) is 9.47 Å². The maximum absolute atomic E-state index is 9.38. The highest BCUT2D eigenvalue weighted by atomic mass is 16.5. The molecule has 0 radical (unpaired) electrons. The molecule has 1 unspecified atom stereocenters. The third-order valence-corrected chi connectivity index (χ3v) is 2.88. The van der Waals surface area contributed by atoms with E-state index in [4.69, 9.17) is 9.47 Å². The molecule has 0 amide bonds. The Morgan fingerprint density at radius 3 is 2.57 bits per heavy atom. The van der Waals surface area contributed by atoms with Crippen molar-refractivity contribution in [1.29, 1.82) is 0 Å². The summed E-state index contributed by atoms with van der Waals surface area (Å²) in [4.78, 5) is 0. The van der Waals surface area contributed by atoms with E-state index in [2.05, 4.69) is 5.32 Å². The summed E-state index contributed by atoms with van der Waals surface area (Å²) >= 11 is 0. The van der Waals surface area contributed by atoms with Gasteiger partial charge in [0.25, 0.3) is 0 Å². The van der Waals surface area contributed by atoms with Gasteiger partial charge in [-0.25, -0.2) is 0 Å². The third kappa shape index (κ3) is 3.20. The summed E-state index contributed by atoms with van der Waals surface area (Å²) in [7, 11) is 3.35. The van der Waals surface area contributed by atoms with Gasteiger partial charge in [-0.15, -0.1) is 0 Å². The molecule has 0 aliphatic heterocycles. The molecular formula is C10H21NO3. The minimum absolute atomic E-state index is 0.0345. The fraction of sp³-hybridized carbons (Fsp3) is 1.00. The molecular weight excluding hydrogens is 182 g/mol. The van der Waals surface area contributed by atoms with Crippen LogP contribution in [0, 0.1) is 0 Å². The average Bonchev–Trinajstić information content (AvgIpc) is 2.10. The van der Waals surface area contributed by atoms with Crippen molar-refractivity contribution in [3.63, 3.8) is 0 Å². The Morgan fingerprint density at radius 2 is 2.14 bits per heavy atom. The Bertz CT molecular complexity index is 154. The first-order valence-electron chi connectivity index (χ1n) is 5.15. The summed E-state index contributed by atoms with van der Waals surface area (Å²) < 4.78 is 10.3. The zero-order valence-electron chi connectivity index (χ0n) is 9.08. The van der Waals surface area contributed by atoms with Gasteiger partial charge >= 0.3 is 0 Å². The summed E-state index contributed by atoms with van der Waals surface area (Å²) in [5, 5.41) is 12.6. The topological polar surface area (TPSA) is 50.7 Å². The van der Waals surface area contributed by atoms with Crippen LogP contribution in [0.4, 0.5) is 0 Å². The van der Waals surface area contributed by atoms with Crippen LogP contribution < -0.4 is 5.32 Å². The van der Waals surface area contributed by atoms with E-state index in [1.807, 2.05) is 0 Å². The van der Waals surface area contributed by atoms with E-state index < -0.39 is 6.10 Å². The lowest BCUT2D eigenvalue weighted by molar-refractivity contribution is -0.0709. The third-order valence-electron chi connectivity index (χ3n) is 2.88. The van der Waals surface area contributed by atoms with Crippen molar-refractivity contribution in [1.82, 2.24) is 5.32 Å². The molecule has 1 fully saturated rings. The maximum Gasteiger partial charge on any atom is 0.0897 e. The smallest absolute Gasteiger partial charge is 0.0897 e. The molecule has 0 spiro atoms. The number of rotatable bonds is 7. The van der Waals surface area contributed by atoms with Crippen LogP contribution in [-0.4, -0.2) is 50.7 Å². The molecule has 1 atom stereocenters. The molecule has 1 aliphatic rings. The first-order valence-corrected chi connectivity index (χ1v) is 5.15. The Morgan fingerprint density at radius 1 is 1.43 bits per heavy atom. The fourth-order valence-corrected chi connectivity index (χ4v) is 1.74. The highest BCUT2D eigenvalue weighted by Gasteiger charge is 2.36. The number of nitrogens with one attached hydrogen (secondary N) is 1. The second kappa shape index (κ2) is 5.66. The largest absolute Gasteiger partial charge is 0.389 e. The van der Waals surface area contributed by atoms with Gasteiger partial charge in [0.15, 0.2) is 0 Å². The quantitative estimate of drug-likeness (QED) is 0.618. The summed E-state index contributed by atoms with van der Waals surface area (Å²) in [6.07, 6.45) is 3.07. The van der Waals surface area contributed by atoms with Crippen LogP contribution in [0.25, 0.3) is 0 Å². The minimum Gasteiger partial charge on any atom is -0.389 e. The van der Waals surface area contributed by atoms with Crippen LogP contribution >= 0.6 is 0 Å².